The van der Waals surface area contributed by atoms with Crippen LogP contribution in [0.15, 0.2) is 59.6 Å². The maximum Gasteiger partial charge on any atom is 0.319 e. The van der Waals surface area contributed by atoms with Crippen LogP contribution < -0.4 is 21.3 Å². The highest BCUT2D eigenvalue weighted by atomic mass is 127. The molecule has 0 aliphatic heterocycles. The van der Waals surface area contributed by atoms with Gasteiger partial charge in [0.15, 0.2) is 5.96 Å². The van der Waals surface area contributed by atoms with Gasteiger partial charge in [0.1, 0.15) is 0 Å². The third-order valence-corrected chi connectivity index (χ3v) is 3.62. The lowest BCUT2D eigenvalue weighted by Gasteiger charge is -2.13. The molecule has 4 N–H and O–H groups in total. The number of nitrogens with one attached hydrogen (secondary N) is 4. The van der Waals surface area contributed by atoms with Crippen molar-refractivity contribution in [3.63, 3.8) is 0 Å². The summed E-state index contributed by atoms with van der Waals surface area (Å²) in [6.07, 6.45) is 0. The molecular weight excluding hydrogens is 453 g/mol. The first kappa shape index (κ1) is 22.8. The van der Waals surface area contributed by atoms with Crippen LogP contribution in [0.5, 0.6) is 0 Å². The van der Waals surface area contributed by atoms with Crippen LogP contribution in [0.3, 0.4) is 0 Å². The molecule has 2 rings (SSSR count). The van der Waals surface area contributed by atoms with E-state index in [0.717, 1.165) is 17.2 Å². The number of hydrogen-bond acceptors (Lipinski definition) is 2. The van der Waals surface area contributed by atoms with Crippen LogP contribution in [-0.2, 0) is 13.1 Å². The van der Waals surface area contributed by atoms with E-state index in [1.807, 2.05) is 56.3 Å². The first-order chi connectivity index (χ1) is 12.6. The zero-order chi connectivity index (χ0) is 18.8. The molecule has 0 aliphatic rings. The molecule has 146 valence electrons. The molecule has 0 aliphatic carbocycles. The van der Waals surface area contributed by atoms with Crippen molar-refractivity contribution in [3.05, 3.63) is 65.7 Å². The fourth-order valence-electron chi connectivity index (χ4n) is 2.32. The number of carbonyl (C=O) groups is 1. The summed E-state index contributed by atoms with van der Waals surface area (Å²) in [7, 11) is 1.75. The number of amides is 2. The molecule has 0 unspecified atom stereocenters. The predicted octanol–water partition coefficient (Wildman–Crippen LogP) is 3.70. The highest BCUT2D eigenvalue weighted by Gasteiger charge is 2.03. The minimum Gasteiger partial charge on any atom is -0.352 e. The molecule has 0 spiro atoms. The number of benzene rings is 2. The fraction of sp³-hybridized carbons (Fsp3) is 0.300. The van der Waals surface area contributed by atoms with Gasteiger partial charge >= 0.3 is 6.03 Å². The van der Waals surface area contributed by atoms with E-state index in [4.69, 9.17) is 0 Å². The average Bonchev–Trinajstić information content (AvgIpc) is 2.63. The van der Waals surface area contributed by atoms with E-state index in [-0.39, 0.29) is 36.0 Å². The van der Waals surface area contributed by atoms with Crippen molar-refractivity contribution >= 4 is 41.7 Å². The van der Waals surface area contributed by atoms with E-state index in [1.165, 1.54) is 5.56 Å². The number of rotatable bonds is 6. The fourth-order valence-corrected chi connectivity index (χ4v) is 2.32. The number of nitrogens with zero attached hydrogens (tertiary/aromatic N) is 1. The quantitative estimate of drug-likeness (QED) is 0.289. The molecule has 2 amide bonds. The Morgan fingerprint density at radius 1 is 0.926 bits per heavy atom. The Balaban J connectivity index is 0.00000364. The number of guanidine groups is 1. The number of carbonyl (C=O) groups excluding carboxylic acids is 1. The zero-order valence-electron chi connectivity index (χ0n) is 16.0. The molecule has 2 aromatic rings. The Hall–Kier alpha value is -2.29. The van der Waals surface area contributed by atoms with Crippen LogP contribution in [0.2, 0.25) is 0 Å². The Bertz CT molecular complexity index is 717. The zero-order valence-corrected chi connectivity index (χ0v) is 18.3. The Kier molecular flexibility index (Phi) is 10.2. The van der Waals surface area contributed by atoms with Crippen molar-refractivity contribution in [1.29, 1.82) is 0 Å². The molecule has 2 aromatic carbocycles. The smallest absolute Gasteiger partial charge is 0.319 e. The molecule has 0 radical (unpaired) electrons. The molecule has 0 fully saturated rings. The SMILES string of the molecule is CN=C(NCc1ccccc1)NCc1ccc(NC(=O)NC(C)C)cc1.I. The van der Waals surface area contributed by atoms with E-state index in [1.54, 1.807) is 7.05 Å². The number of anilines is 1. The molecule has 0 saturated heterocycles. The van der Waals surface area contributed by atoms with E-state index in [9.17, 15) is 4.79 Å². The van der Waals surface area contributed by atoms with Gasteiger partial charge in [-0.05, 0) is 37.1 Å². The van der Waals surface area contributed by atoms with Crippen LogP contribution in [0.4, 0.5) is 10.5 Å². The summed E-state index contributed by atoms with van der Waals surface area (Å²) < 4.78 is 0. The molecule has 0 heterocycles. The number of halogens is 1. The van der Waals surface area contributed by atoms with Crippen LogP contribution >= 0.6 is 24.0 Å². The standard InChI is InChI=1S/C20H27N5O.HI/c1-15(2)24-20(26)25-18-11-9-17(10-12-18)14-23-19(21-3)22-13-16-7-5-4-6-8-16;/h4-12,15H,13-14H2,1-3H3,(H2,21,22,23)(H2,24,25,26);1H. The minimum atomic E-state index is -0.198. The van der Waals surface area contributed by atoms with Gasteiger partial charge in [0.2, 0.25) is 0 Å². The summed E-state index contributed by atoms with van der Waals surface area (Å²) in [5.41, 5.74) is 3.06. The predicted molar refractivity (Wildman–Crippen MR) is 123 cm³/mol. The normalized spacial score (nSPS) is 10.7. The van der Waals surface area contributed by atoms with Crippen molar-refractivity contribution < 1.29 is 4.79 Å². The van der Waals surface area contributed by atoms with Crippen molar-refractivity contribution in [2.45, 2.75) is 33.0 Å². The largest absolute Gasteiger partial charge is 0.352 e. The van der Waals surface area contributed by atoms with Crippen LogP contribution in [0.1, 0.15) is 25.0 Å². The monoisotopic (exact) mass is 481 g/mol. The van der Waals surface area contributed by atoms with Gasteiger partial charge in [-0.2, -0.15) is 0 Å². The van der Waals surface area contributed by atoms with E-state index >= 15 is 0 Å². The van der Waals surface area contributed by atoms with Gasteiger partial charge in [-0.15, -0.1) is 24.0 Å². The molecule has 0 saturated carbocycles. The lowest BCUT2D eigenvalue weighted by Crippen LogP contribution is -2.36. The summed E-state index contributed by atoms with van der Waals surface area (Å²) in [5.74, 6) is 0.743. The van der Waals surface area contributed by atoms with Gasteiger partial charge in [0.25, 0.3) is 0 Å². The average molecular weight is 481 g/mol. The van der Waals surface area contributed by atoms with Crippen molar-refractivity contribution in [3.8, 4) is 0 Å². The molecule has 0 aromatic heterocycles. The summed E-state index contributed by atoms with van der Waals surface area (Å²) in [6, 6.07) is 17.8. The summed E-state index contributed by atoms with van der Waals surface area (Å²) in [5, 5.41) is 12.2. The molecule has 6 nitrogen and oxygen atoms in total. The number of aliphatic imine (C=N–C) groups is 1. The Morgan fingerprint density at radius 2 is 1.48 bits per heavy atom. The topological polar surface area (TPSA) is 77.6 Å². The number of urea groups is 1. The second-order valence-corrected chi connectivity index (χ2v) is 6.22. The Morgan fingerprint density at radius 3 is 2.00 bits per heavy atom. The van der Waals surface area contributed by atoms with Crippen LogP contribution in [-0.4, -0.2) is 25.1 Å². The van der Waals surface area contributed by atoms with Gasteiger partial charge in [0, 0.05) is 31.9 Å². The first-order valence-electron chi connectivity index (χ1n) is 8.71. The molecule has 0 bridgehead atoms. The van der Waals surface area contributed by atoms with Gasteiger partial charge in [-0.25, -0.2) is 4.79 Å². The Labute approximate surface area is 178 Å². The highest BCUT2D eigenvalue weighted by Crippen LogP contribution is 2.09. The van der Waals surface area contributed by atoms with Crippen LogP contribution in [0, 0.1) is 0 Å². The van der Waals surface area contributed by atoms with Crippen molar-refractivity contribution in [2.75, 3.05) is 12.4 Å². The van der Waals surface area contributed by atoms with E-state index in [0.29, 0.717) is 13.1 Å². The van der Waals surface area contributed by atoms with Crippen LogP contribution in [0.25, 0.3) is 0 Å². The second-order valence-electron chi connectivity index (χ2n) is 6.22. The maximum absolute atomic E-state index is 11.7. The van der Waals surface area contributed by atoms with E-state index in [2.05, 4.69) is 38.4 Å². The van der Waals surface area contributed by atoms with Gasteiger partial charge in [-0.1, -0.05) is 42.5 Å². The maximum atomic E-state index is 11.7. The molecule has 0 atom stereocenters. The summed E-state index contributed by atoms with van der Waals surface area (Å²) in [4.78, 5) is 15.9. The van der Waals surface area contributed by atoms with Gasteiger partial charge in [-0.3, -0.25) is 4.99 Å². The van der Waals surface area contributed by atoms with Gasteiger partial charge < -0.3 is 21.3 Å². The van der Waals surface area contributed by atoms with E-state index < -0.39 is 0 Å². The first-order valence-corrected chi connectivity index (χ1v) is 8.71. The minimum absolute atomic E-state index is 0. The van der Waals surface area contributed by atoms with Gasteiger partial charge in [0.05, 0.1) is 0 Å². The van der Waals surface area contributed by atoms with Crippen molar-refractivity contribution in [2.24, 2.45) is 4.99 Å². The lowest BCUT2D eigenvalue weighted by atomic mass is 10.2. The third kappa shape index (κ3) is 8.76. The summed E-state index contributed by atoms with van der Waals surface area (Å²) in [6.45, 7) is 5.21. The lowest BCUT2D eigenvalue weighted by molar-refractivity contribution is 0.250. The highest BCUT2D eigenvalue weighted by molar-refractivity contribution is 14.0. The van der Waals surface area contributed by atoms with Crippen molar-refractivity contribution in [1.82, 2.24) is 16.0 Å². The third-order valence-electron chi connectivity index (χ3n) is 3.62. The second kappa shape index (κ2) is 12.2. The molecule has 7 heteroatoms. The number of hydrogen-bond donors (Lipinski definition) is 4. The molecular formula is C20H28IN5O. The summed E-state index contributed by atoms with van der Waals surface area (Å²) >= 11 is 0. The molecule has 27 heavy (non-hydrogen) atoms.